The second-order valence-corrected chi connectivity index (χ2v) is 6.06. The van der Waals surface area contributed by atoms with Crippen molar-refractivity contribution in [2.45, 2.75) is 19.4 Å². The third kappa shape index (κ3) is 2.77. The van der Waals surface area contributed by atoms with Crippen LogP contribution in [0, 0.1) is 0 Å². The number of hydrogen-bond donors (Lipinski definition) is 0. The van der Waals surface area contributed by atoms with E-state index in [9.17, 15) is 4.79 Å². The van der Waals surface area contributed by atoms with Crippen molar-refractivity contribution in [2.24, 2.45) is 0 Å². The van der Waals surface area contributed by atoms with Gasteiger partial charge < -0.3 is 19.1 Å². The van der Waals surface area contributed by atoms with Crippen molar-refractivity contribution < 1.29 is 19.0 Å². The molecular formula is C19H19NO4. The lowest BCUT2D eigenvalue weighted by Crippen LogP contribution is -2.31. The van der Waals surface area contributed by atoms with Crippen LogP contribution in [0.2, 0.25) is 0 Å². The highest BCUT2D eigenvalue weighted by molar-refractivity contribution is 5.80. The molecule has 0 aromatic heterocycles. The fourth-order valence-corrected chi connectivity index (χ4v) is 3.20. The zero-order chi connectivity index (χ0) is 16.5. The highest BCUT2D eigenvalue weighted by atomic mass is 16.7. The van der Waals surface area contributed by atoms with Crippen LogP contribution in [0.1, 0.15) is 16.7 Å². The maximum Gasteiger partial charge on any atom is 0.231 e. The summed E-state index contributed by atoms with van der Waals surface area (Å²) in [5.74, 6) is 2.49. The fraction of sp³-hybridized carbons (Fsp3) is 0.316. The molecule has 0 N–H and O–H groups in total. The molecule has 2 heterocycles. The van der Waals surface area contributed by atoms with Gasteiger partial charge in [0.15, 0.2) is 11.5 Å². The lowest BCUT2D eigenvalue weighted by molar-refractivity contribution is -0.130. The smallest absolute Gasteiger partial charge is 0.231 e. The summed E-state index contributed by atoms with van der Waals surface area (Å²) >= 11 is 0. The van der Waals surface area contributed by atoms with Gasteiger partial charge in [-0.05, 0) is 47.4 Å². The van der Waals surface area contributed by atoms with Crippen molar-refractivity contribution in [2.75, 3.05) is 20.4 Å². The lowest BCUT2D eigenvalue weighted by Gasteiger charge is -2.20. The fourth-order valence-electron chi connectivity index (χ4n) is 3.20. The minimum Gasteiger partial charge on any atom is -0.497 e. The van der Waals surface area contributed by atoms with Gasteiger partial charge in [0, 0.05) is 13.1 Å². The van der Waals surface area contributed by atoms with Gasteiger partial charge in [0.25, 0.3) is 0 Å². The zero-order valence-electron chi connectivity index (χ0n) is 13.6. The minimum absolute atomic E-state index is 0.142. The minimum atomic E-state index is 0.142. The van der Waals surface area contributed by atoms with Gasteiger partial charge in [-0.1, -0.05) is 12.1 Å². The van der Waals surface area contributed by atoms with Crippen LogP contribution in [0.4, 0.5) is 0 Å². The third-order valence-corrected chi connectivity index (χ3v) is 4.57. The van der Waals surface area contributed by atoms with Gasteiger partial charge in [-0.3, -0.25) is 4.79 Å². The number of nitrogens with zero attached hydrogens (tertiary/aromatic N) is 1. The first-order chi connectivity index (χ1) is 11.7. The third-order valence-electron chi connectivity index (χ3n) is 4.57. The monoisotopic (exact) mass is 325 g/mol. The largest absolute Gasteiger partial charge is 0.497 e. The number of ether oxygens (including phenoxy) is 3. The number of methoxy groups -OCH3 is 1. The van der Waals surface area contributed by atoms with Crippen molar-refractivity contribution in [3.63, 3.8) is 0 Å². The quantitative estimate of drug-likeness (QED) is 0.870. The van der Waals surface area contributed by atoms with Gasteiger partial charge in [0.1, 0.15) is 5.75 Å². The molecule has 0 atom stereocenters. The predicted octanol–water partition coefficient (Wildman–Crippen LogP) is 2.55. The Kier molecular flexibility index (Phi) is 3.76. The molecular weight excluding hydrogens is 306 g/mol. The summed E-state index contributed by atoms with van der Waals surface area (Å²) in [6, 6.07) is 11.8. The molecule has 0 aliphatic carbocycles. The number of rotatable bonds is 3. The molecule has 2 aliphatic rings. The molecule has 1 amide bonds. The van der Waals surface area contributed by atoms with E-state index in [0.717, 1.165) is 34.8 Å². The van der Waals surface area contributed by atoms with Crippen LogP contribution in [0.5, 0.6) is 17.2 Å². The summed E-state index contributed by atoms with van der Waals surface area (Å²) in [4.78, 5) is 14.5. The summed E-state index contributed by atoms with van der Waals surface area (Å²) < 4.78 is 16.0. The second-order valence-electron chi connectivity index (χ2n) is 6.06. The summed E-state index contributed by atoms with van der Waals surface area (Å²) in [7, 11) is 1.65. The van der Waals surface area contributed by atoms with Gasteiger partial charge in [-0.2, -0.15) is 0 Å². The van der Waals surface area contributed by atoms with E-state index < -0.39 is 0 Å². The van der Waals surface area contributed by atoms with Crippen LogP contribution in [-0.4, -0.2) is 31.3 Å². The number of hydrogen-bond acceptors (Lipinski definition) is 4. The molecule has 24 heavy (non-hydrogen) atoms. The Bertz CT molecular complexity index is 770. The van der Waals surface area contributed by atoms with Gasteiger partial charge in [0.05, 0.1) is 13.5 Å². The van der Waals surface area contributed by atoms with Crippen LogP contribution in [-0.2, 0) is 24.2 Å². The molecule has 0 saturated carbocycles. The summed E-state index contributed by atoms with van der Waals surface area (Å²) in [6.45, 7) is 1.58. The molecule has 0 bridgehead atoms. The van der Waals surface area contributed by atoms with E-state index in [1.807, 2.05) is 41.3 Å². The topological polar surface area (TPSA) is 48.0 Å². The van der Waals surface area contributed by atoms with E-state index in [4.69, 9.17) is 14.2 Å². The standard InChI is InChI=1S/C19H19NO4/c1-22-16-4-2-13(3-5-16)11-20-7-6-14-8-17-18(24-12-23-17)9-15(14)10-19(20)21/h2-5,8-9H,6-7,10-12H2,1H3. The SMILES string of the molecule is COc1ccc(CN2CCc3cc4c(cc3CC2=O)OCO4)cc1. The van der Waals surface area contributed by atoms with Gasteiger partial charge >= 0.3 is 0 Å². The maximum absolute atomic E-state index is 12.6. The molecule has 0 fully saturated rings. The predicted molar refractivity (Wildman–Crippen MR) is 88.4 cm³/mol. The maximum atomic E-state index is 12.6. The van der Waals surface area contributed by atoms with Crippen molar-refractivity contribution in [1.29, 1.82) is 0 Å². The van der Waals surface area contributed by atoms with Crippen LogP contribution in [0.25, 0.3) is 0 Å². The molecule has 0 unspecified atom stereocenters. The molecule has 2 aliphatic heterocycles. The second kappa shape index (κ2) is 6.07. The molecule has 124 valence electrons. The normalized spacial score (nSPS) is 15.9. The van der Waals surface area contributed by atoms with Crippen molar-refractivity contribution in [3.05, 3.63) is 53.1 Å². The summed E-state index contributed by atoms with van der Waals surface area (Å²) in [5.41, 5.74) is 3.32. The van der Waals surface area contributed by atoms with Crippen molar-refractivity contribution in [3.8, 4) is 17.2 Å². The Morgan fingerprint density at radius 1 is 1.08 bits per heavy atom. The van der Waals surface area contributed by atoms with Gasteiger partial charge in [-0.25, -0.2) is 0 Å². The van der Waals surface area contributed by atoms with Crippen LogP contribution in [0.3, 0.4) is 0 Å². The molecule has 5 heteroatoms. The first-order valence-corrected chi connectivity index (χ1v) is 8.05. The highest BCUT2D eigenvalue weighted by Gasteiger charge is 2.24. The Morgan fingerprint density at radius 3 is 2.50 bits per heavy atom. The van der Waals surface area contributed by atoms with Gasteiger partial charge in [-0.15, -0.1) is 0 Å². The molecule has 0 spiro atoms. The molecule has 5 nitrogen and oxygen atoms in total. The number of amides is 1. The van der Waals surface area contributed by atoms with Crippen LogP contribution in [0.15, 0.2) is 36.4 Å². The Hall–Kier alpha value is -2.69. The Morgan fingerprint density at radius 2 is 1.79 bits per heavy atom. The number of benzene rings is 2. The van der Waals surface area contributed by atoms with E-state index in [-0.39, 0.29) is 12.7 Å². The molecule has 2 aromatic carbocycles. The molecule has 2 aromatic rings. The van der Waals surface area contributed by atoms with Gasteiger partial charge in [0.2, 0.25) is 12.7 Å². The summed E-state index contributed by atoms with van der Waals surface area (Å²) in [6.07, 6.45) is 1.23. The zero-order valence-corrected chi connectivity index (χ0v) is 13.6. The van der Waals surface area contributed by atoms with Crippen LogP contribution >= 0.6 is 0 Å². The summed E-state index contributed by atoms with van der Waals surface area (Å²) in [5, 5.41) is 0. The Labute approximate surface area is 140 Å². The number of fused-ring (bicyclic) bond motifs is 2. The first kappa shape index (κ1) is 14.9. The average molecular weight is 325 g/mol. The van der Waals surface area contributed by atoms with Crippen molar-refractivity contribution in [1.82, 2.24) is 4.90 Å². The van der Waals surface area contributed by atoms with E-state index in [1.54, 1.807) is 7.11 Å². The molecule has 0 saturated heterocycles. The van der Waals surface area contributed by atoms with Crippen LogP contribution < -0.4 is 14.2 Å². The van der Waals surface area contributed by atoms with E-state index >= 15 is 0 Å². The lowest BCUT2D eigenvalue weighted by atomic mass is 10.0. The molecule has 4 rings (SSSR count). The first-order valence-electron chi connectivity index (χ1n) is 8.05. The van der Waals surface area contributed by atoms with Crippen molar-refractivity contribution >= 4 is 5.91 Å². The number of carbonyl (C=O) groups is 1. The average Bonchev–Trinajstić information content (AvgIpc) is 3.00. The van der Waals surface area contributed by atoms with E-state index in [2.05, 4.69) is 0 Å². The van der Waals surface area contributed by atoms with E-state index in [0.29, 0.717) is 19.5 Å². The number of carbonyl (C=O) groups excluding carboxylic acids is 1. The highest BCUT2D eigenvalue weighted by Crippen LogP contribution is 2.36. The Balaban J connectivity index is 1.52. The molecule has 0 radical (unpaired) electrons. The van der Waals surface area contributed by atoms with E-state index in [1.165, 1.54) is 5.56 Å².